The van der Waals surface area contributed by atoms with Gasteiger partial charge in [0, 0.05) is 42.1 Å². The third kappa shape index (κ3) is 4.21. The van der Waals surface area contributed by atoms with Gasteiger partial charge in [0.1, 0.15) is 30.1 Å². The van der Waals surface area contributed by atoms with E-state index in [0.29, 0.717) is 19.7 Å². The van der Waals surface area contributed by atoms with Crippen LogP contribution in [-0.4, -0.2) is 51.1 Å². The predicted octanol–water partition coefficient (Wildman–Crippen LogP) is 2.75. The monoisotopic (exact) mass is 390 g/mol. The lowest BCUT2D eigenvalue weighted by Crippen LogP contribution is -2.23. The first-order valence-electron chi connectivity index (χ1n) is 9.41. The molecule has 0 fully saturated rings. The fourth-order valence-corrected chi connectivity index (χ4v) is 3.21. The first kappa shape index (κ1) is 18.9. The maximum absolute atomic E-state index is 9.85. The molecule has 0 unspecified atom stereocenters. The van der Waals surface area contributed by atoms with E-state index in [2.05, 4.69) is 15.3 Å². The summed E-state index contributed by atoms with van der Waals surface area (Å²) in [5, 5.41) is 22.6. The Morgan fingerprint density at radius 1 is 1.07 bits per heavy atom. The Morgan fingerprint density at radius 2 is 1.93 bits per heavy atom. The van der Waals surface area contributed by atoms with Crippen molar-refractivity contribution in [1.29, 1.82) is 0 Å². The lowest BCUT2D eigenvalue weighted by Gasteiger charge is -2.09. The molecule has 0 saturated carbocycles. The van der Waals surface area contributed by atoms with Crippen LogP contribution in [-0.2, 0) is 0 Å². The zero-order valence-corrected chi connectivity index (χ0v) is 15.8. The predicted molar refractivity (Wildman–Crippen MR) is 111 cm³/mol. The topological polar surface area (TPSA) is 92.4 Å². The summed E-state index contributed by atoms with van der Waals surface area (Å²) in [6.45, 7) is 1.88. The Labute approximate surface area is 168 Å². The van der Waals surface area contributed by atoms with Crippen molar-refractivity contribution in [3.8, 4) is 28.3 Å². The van der Waals surface area contributed by atoms with Gasteiger partial charge in [-0.3, -0.25) is 0 Å². The second kappa shape index (κ2) is 8.72. The number of hydrogen-bond acceptors (Lipinski definition) is 6. The molecule has 0 atom stereocenters. The third-order valence-corrected chi connectivity index (χ3v) is 4.58. The number of hydrogen-bond donors (Lipinski definition) is 3. The molecular weight excluding hydrogens is 368 g/mol. The fraction of sp³-hybridized carbons (Fsp3) is 0.182. The number of aromatic hydroxyl groups is 1. The molecule has 2 aromatic heterocycles. The van der Waals surface area contributed by atoms with Gasteiger partial charge in [0.2, 0.25) is 0 Å². The number of nitrogens with one attached hydrogen (secondary N) is 1. The minimum atomic E-state index is 0.119. The molecule has 148 valence electrons. The SMILES string of the molecule is OCCNCCOc1ccc(-n2cc(-c3cccc(O)c3)c3cncnc32)cc1. The average Bonchev–Trinajstić information content (AvgIpc) is 3.14. The van der Waals surface area contributed by atoms with E-state index in [1.807, 2.05) is 47.2 Å². The number of aromatic nitrogens is 3. The molecule has 0 radical (unpaired) electrons. The van der Waals surface area contributed by atoms with Gasteiger partial charge in [0.25, 0.3) is 0 Å². The number of fused-ring (bicyclic) bond motifs is 1. The van der Waals surface area contributed by atoms with Gasteiger partial charge in [-0.15, -0.1) is 0 Å². The standard InChI is InChI=1S/C22H22N4O3/c27-10-8-23-9-11-29-19-6-4-17(5-7-19)26-14-21(16-2-1-3-18(28)12-16)20-13-24-15-25-22(20)26/h1-7,12-15,23,27-28H,8-11H2. The summed E-state index contributed by atoms with van der Waals surface area (Å²) in [7, 11) is 0. The zero-order valence-electron chi connectivity index (χ0n) is 15.8. The Morgan fingerprint density at radius 3 is 2.72 bits per heavy atom. The van der Waals surface area contributed by atoms with Gasteiger partial charge in [-0.25, -0.2) is 9.97 Å². The van der Waals surface area contributed by atoms with E-state index in [1.165, 1.54) is 6.33 Å². The van der Waals surface area contributed by atoms with Crippen molar-refractivity contribution in [2.75, 3.05) is 26.3 Å². The van der Waals surface area contributed by atoms with Crippen LogP contribution in [0.3, 0.4) is 0 Å². The molecule has 0 aliphatic rings. The second-order valence-corrected chi connectivity index (χ2v) is 6.54. The summed E-state index contributed by atoms with van der Waals surface area (Å²) >= 11 is 0. The normalized spacial score (nSPS) is 11.1. The zero-order chi connectivity index (χ0) is 20.1. The van der Waals surface area contributed by atoms with Gasteiger partial charge in [0.05, 0.1) is 6.61 Å². The highest BCUT2D eigenvalue weighted by Gasteiger charge is 2.13. The number of nitrogens with zero attached hydrogens (tertiary/aromatic N) is 3. The Balaban J connectivity index is 1.61. The fourth-order valence-electron chi connectivity index (χ4n) is 3.21. The van der Waals surface area contributed by atoms with Crippen LogP contribution in [0.4, 0.5) is 0 Å². The second-order valence-electron chi connectivity index (χ2n) is 6.54. The van der Waals surface area contributed by atoms with Crippen LogP contribution in [0.25, 0.3) is 27.8 Å². The summed E-state index contributed by atoms with van der Waals surface area (Å²) in [5.41, 5.74) is 3.59. The van der Waals surface area contributed by atoms with Gasteiger partial charge in [0.15, 0.2) is 0 Å². The molecule has 2 aromatic carbocycles. The van der Waals surface area contributed by atoms with Crippen LogP contribution in [0.1, 0.15) is 0 Å². The lowest BCUT2D eigenvalue weighted by molar-refractivity contribution is 0.276. The Kier molecular flexibility index (Phi) is 5.69. The minimum Gasteiger partial charge on any atom is -0.508 e. The van der Waals surface area contributed by atoms with E-state index >= 15 is 0 Å². The third-order valence-electron chi connectivity index (χ3n) is 4.58. The molecule has 0 aliphatic carbocycles. The summed E-state index contributed by atoms with van der Waals surface area (Å²) in [5.74, 6) is 0.995. The molecule has 7 heteroatoms. The Hall–Kier alpha value is -3.42. The molecule has 0 saturated heterocycles. The van der Waals surface area contributed by atoms with Crippen LogP contribution < -0.4 is 10.1 Å². The molecule has 0 spiro atoms. The summed E-state index contributed by atoms with van der Waals surface area (Å²) < 4.78 is 7.71. The van der Waals surface area contributed by atoms with E-state index < -0.39 is 0 Å². The Bertz CT molecular complexity index is 1090. The highest BCUT2D eigenvalue weighted by atomic mass is 16.5. The van der Waals surface area contributed by atoms with Crippen molar-refractivity contribution in [3.05, 3.63) is 67.3 Å². The van der Waals surface area contributed by atoms with Crippen molar-refractivity contribution >= 4 is 11.0 Å². The molecule has 0 bridgehead atoms. The van der Waals surface area contributed by atoms with Crippen LogP contribution in [0.15, 0.2) is 67.3 Å². The molecule has 2 heterocycles. The smallest absolute Gasteiger partial charge is 0.148 e. The molecule has 0 amide bonds. The first-order valence-corrected chi connectivity index (χ1v) is 9.41. The van der Waals surface area contributed by atoms with E-state index in [1.54, 1.807) is 18.3 Å². The van der Waals surface area contributed by atoms with Gasteiger partial charge in [-0.05, 0) is 42.0 Å². The van der Waals surface area contributed by atoms with Crippen molar-refractivity contribution < 1.29 is 14.9 Å². The summed E-state index contributed by atoms with van der Waals surface area (Å²) in [6.07, 6.45) is 5.32. The number of phenolic OH excluding ortho intramolecular Hbond substituents is 1. The van der Waals surface area contributed by atoms with Crippen LogP contribution in [0.5, 0.6) is 11.5 Å². The summed E-state index contributed by atoms with van der Waals surface area (Å²) in [6, 6.07) is 14.9. The van der Waals surface area contributed by atoms with E-state index in [4.69, 9.17) is 9.84 Å². The molecule has 4 rings (SSSR count). The van der Waals surface area contributed by atoms with Crippen LogP contribution in [0, 0.1) is 0 Å². The quantitative estimate of drug-likeness (QED) is 0.401. The molecule has 4 aromatic rings. The highest BCUT2D eigenvalue weighted by molar-refractivity contribution is 5.94. The first-order chi connectivity index (χ1) is 14.3. The van der Waals surface area contributed by atoms with E-state index in [-0.39, 0.29) is 12.4 Å². The van der Waals surface area contributed by atoms with Gasteiger partial charge in [-0.2, -0.15) is 0 Å². The number of aliphatic hydroxyl groups is 1. The largest absolute Gasteiger partial charge is 0.508 e. The molecule has 0 aliphatic heterocycles. The van der Waals surface area contributed by atoms with Crippen LogP contribution >= 0.6 is 0 Å². The van der Waals surface area contributed by atoms with Gasteiger partial charge in [-0.1, -0.05) is 12.1 Å². The van der Waals surface area contributed by atoms with Crippen molar-refractivity contribution in [2.45, 2.75) is 0 Å². The van der Waals surface area contributed by atoms with Crippen molar-refractivity contribution in [3.63, 3.8) is 0 Å². The van der Waals surface area contributed by atoms with Crippen molar-refractivity contribution in [2.24, 2.45) is 0 Å². The number of aliphatic hydroxyl groups excluding tert-OH is 1. The molecular formula is C22H22N4O3. The summed E-state index contributed by atoms with van der Waals surface area (Å²) in [4.78, 5) is 8.63. The van der Waals surface area contributed by atoms with E-state index in [0.717, 1.165) is 33.6 Å². The number of benzene rings is 2. The molecule has 7 nitrogen and oxygen atoms in total. The molecule has 29 heavy (non-hydrogen) atoms. The minimum absolute atomic E-state index is 0.119. The van der Waals surface area contributed by atoms with Crippen molar-refractivity contribution in [1.82, 2.24) is 19.9 Å². The maximum Gasteiger partial charge on any atom is 0.148 e. The number of phenols is 1. The van der Waals surface area contributed by atoms with E-state index in [9.17, 15) is 5.11 Å². The van der Waals surface area contributed by atoms with Gasteiger partial charge >= 0.3 is 0 Å². The number of ether oxygens (including phenoxy) is 1. The maximum atomic E-state index is 9.85. The highest BCUT2D eigenvalue weighted by Crippen LogP contribution is 2.32. The van der Waals surface area contributed by atoms with Gasteiger partial charge < -0.3 is 24.8 Å². The molecule has 3 N–H and O–H groups in total. The lowest BCUT2D eigenvalue weighted by atomic mass is 10.1. The number of rotatable bonds is 8. The van der Waals surface area contributed by atoms with Crippen LogP contribution in [0.2, 0.25) is 0 Å². The average molecular weight is 390 g/mol.